The Morgan fingerprint density at radius 3 is 2.54 bits per heavy atom. The first kappa shape index (κ1) is 26.8. The fraction of sp³-hybridized carbons (Fsp3) is 0.464. The van der Waals surface area contributed by atoms with Crippen molar-refractivity contribution in [2.45, 2.75) is 77.9 Å². The van der Waals surface area contributed by atoms with Gasteiger partial charge in [-0.3, -0.25) is 0 Å². The molecular formula is C28H33F3O4. The molecule has 0 radical (unpaired) electrons. The molecule has 0 fully saturated rings. The molecule has 0 amide bonds. The molecule has 1 unspecified atom stereocenters. The van der Waals surface area contributed by atoms with E-state index in [-0.39, 0.29) is 24.5 Å². The molecule has 2 aromatic carbocycles. The van der Waals surface area contributed by atoms with Gasteiger partial charge in [0.1, 0.15) is 12.4 Å². The maximum Gasteiger partial charge on any atom is 0.432 e. The topological polar surface area (TPSA) is 44.8 Å². The van der Waals surface area contributed by atoms with Crippen LogP contribution in [0, 0.1) is 0 Å². The van der Waals surface area contributed by atoms with Crippen LogP contribution in [0.25, 0.3) is 5.57 Å². The lowest BCUT2D eigenvalue weighted by atomic mass is 9.86. The SMILES string of the molecule is CCOC(C)CCC[C@@H](F)C(F)(F)OC(=O)C1=C(C)c2ccc(OCc3ccccc3)cc2CC1. The van der Waals surface area contributed by atoms with Gasteiger partial charge in [-0.25, -0.2) is 9.18 Å². The normalized spacial score (nSPS) is 15.4. The maximum absolute atomic E-state index is 14.3. The molecule has 190 valence electrons. The summed E-state index contributed by atoms with van der Waals surface area (Å²) in [4.78, 5) is 12.6. The van der Waals surface area contributed by atoms with E-state index in [2.05, 4.69) is 4.74 Å². The summed E-state index contributed by atoms with van der Waals surface area (Å²) >= 11 is 0. The Balaban J connectivity index is 1.61. The van der Waals surface area contributed by atoms with E-state index in [9.17, 15) is 18.0 Å². The zero-order valence-corrected chi connectivity index (χ0v) is 20.5. The first-order valence-electron chi connectivity index (χ1n) is 12.1. The Bertz CT molecular complexity index is 1020. The molecule has 0 aromatic heterocycles. The van der Waals surface area contributed by atoms with Gasteiger partial charge >= 0.3 is 12.1 Å². The number of alkyl halides is 3. The summed E-state index contributed by atoms with van der Waals surface area (Å²) in [6, 6.07) is 15.3. The molecule has 0 spiro atoms. The summed E-state index contributed by atoms with van der Waals surface area (Å²) in [5.41, 5.74) is 3.49. The van der Waals surface area contributed by atoms with Crippen molar-refractivity contribution in [3.63, 3.8) is 0 Å². The molecule has 4 nitrogen and oxygen atoms in total. The average molecular weight is 491 g/mol. The molecule has 2 atom stereocenters. The van der Waals surface area contributed by atoms with Crippen LogP contribution in [0.4, 0.5) is 13.2 Å². The minimum atomic E-state index is -4.19. The number of carbonyl (C=O) groups is 1. The molecule has 0 saturated heterocycles. The summed E-state index contributed by atoms with van der Waals surface area (Å²) in [7, 11) is 0. The van der Waals surface area contributed by atoms with Crippen molar-refractivity contribution in [3.05, 3.63) is 70.8 Å². The molecule has 0 heterocycles. The third kappa shape index (κ3) is 7.34. The number of benzene rings is 2. The summed E-state index contributed by atoms with van der Waals surface area (Å²) in [6.45, 7) is 6.27. The van der Waals surface area contributed by atoms with Gasteiger partial charge in [-0.15, -0.1) is 0 Å². The number of hydrogen-bond donors (Lipinski definition) is 0. The standard InChI is InChI=1S/C28H33F3O4/c1-4-33-19(2)9-8-12-26(29)28(30,31)35-27(32)25-15-13-22-17-23(14-16-24(22)20(25)3)34-18-21-10-6-5-7-11-21/h5-7,10-11,14,16-17,19,26H,4,8-9,12-13,15,18H2,1-3H3/t19?,26-/m1/s1. The summed E-state index contributed by atoms with van der Waals surface area (Å²) in [6.07, 6.45) is -5.93. The average Bonchev–Trinajstić information content (AvgIpc) is 2.83. The van der Waals surface area contributed by atoms with Gasteiger partial charge in [-0.05, 0) is 87.3 Å². The quantitative estimate of drug-likeness (QED) is 0.299. The van der Waals surface area contributed by atoms with Crippen LogP contribution in [0.15, 0.2) is 54.1 Å². The zero-order chi connectivity index (χ0) is 25.4. The van der Waals surface area contributed by atoms with E-state index in [1.54, 1.807) is 13.0 Å². The first-order valence-corrected chi connectivity index (χ1v) is 12.1. The van der Waals surface area contributed by atoms with Crippen LogP contribution >= 0.6 is 0 Å². The van der Waals surface area contributed by atoms with Crippen LogP contribution in [0.2, 0.25) is 0 Å². The Morgan fingerprint density at radius 1 is 1.09 bits per heavy atom. The van der Waals surface area contributed by atoms with Gasteiger partial charge in [0.15, 0.2) is 0 Å². The van der Waals surface area contributed by atoms with Crippen molar-refractivity contribution in [1.82, 2.24) is 0 Å². The first-order chi connectivity index (χ1) is 16.7. The van der Waals surface area contributed by atoms with Gasteiger partial charge in [0.25, 0.3) is 0 Å². The number of fused-ring (bicyclic) bond motifs is 1. The smallest absolute Gasteiger partial charge is 0.432 e. The van der Waals surface area contributed by atoms with Crippen LogP contribution in [0.1, 0.15) is 63.1 Å². The van der Waals surface area contributed by atoms with Crippen molar-refractivity contribution in [2.24, 2.45) is 0 Å². The van der Waals surface area contributed by atoms with E-state index < -0.39 is 24.7 Å². The van der Waals surface area contributed by atoms with Crippen LogP contribution in [-0.2, 0) is 27.3 Å². The zero-order valence-electron chi connectivity index (χ0n) is 20.5. The number of halogens is 3. The van der Waals surface area contributed by atoms with E-state index in [1.807, 2.05) is 56.3 Å². The van der Waals surface area contributed by atoms with Gasteiger partial charge in [0, 0.05) is 12.2 Å². The maximum atomic E-state index is 14.3. The number of esters is 1. The van der Waals surface area contributed by atoms with Crippen LogP contribution in [0.3, 0.4) is 0 Å². The van der Waals surface area contributed by atoms with Gasteiger partial charge in [-0.2, -0.15) is 8.78 Å². The third-order valence-electron chi connectivity index (χ3n) is 6.19. The highest BCUT2D eigenvalue weighted by molar-refractivity contribution is 5.98. The molecule has 2 aromatic rings. The van der Waals surface area contributed by atoms with Crippen molar-refractivity contribution in [1.29, 1.82) is 0 Å². The number of rotatable bonds is 12. The fourth-order valence-corrected chi connectivity index (χ4v) is 4.21. The van der Waals surface area contributed by atoms with E-state index in [0.717, 1.165) is 16.7 Å². The predicted molar refractivity (Wildman–Crippen MR) is 129 cm³/mol. The molecule has 0 N–H and O–H groups in total. The fourth-order valence-electron chi connectivity index (χ4n) is 4.21. The monoisotopic (exact) mass is 490 g/mol. The Morgan fingerprint density at radius 2 is 1.83 bits per heavy atom. The molecule has 35 heavy (non-hydrogen) atoms. The van der Waals surface area contributed by atoms with E-state index in [1.165, 1.54) is 0 Å². The Kier molecular flexibility index (Phi) is 9.38. The lowest BCUT2D eigenvalue weighted by Gasteiger charge is -2.25. The van der Waals surface area contributed by atoms with Crippen LogP contribution < -0.4 is 4.74 Å². The molecule has 0 aliphatic heterocycles. The van der Waals surface area contributed by atoms with Gasteiger partial charge in [-0.1, -0.05) is 36.4 Å². The number of allylic oxidation sites excluding steroid dienone is 1. The Hall–Kier alpha value is -2.80. The molecule has 1 aliphatic rings. The Labute approximate surface area is 205 Å². The van der Waals surface area contributed by atoms with E-state index in [4.69, 9.17) is 9.47 Å². The molecule has 1 aliphatic carbocycles. The number of carbonyl (C=O) groups excluding carboxylic acids is 1. The number of aryl methyl sites for hydroxylation is 1. The van der Waals surface area contributed by atoms with E-state index >= 15 is 0 Å². The summed E-state index contributed by atoms with van der Waals surface area (Å²) in [5, 5.41) is 0. The highest BCUT2D eigenvalue weighted by atomic mass is 19.3. The van der Waals surface area contributed by atoms with E-state index in [0.29, 0.717) is 37.4 Å². The van der Waals surface area contributed by atoms with Crippen molar-refractivity contribution in [2.75, 3.05) is 6.61 Å². The summed E-state index contributed by atoms with van der Waals surface area (Å²) < 4.78 is 58.4. The third-order valence-corrected chi connectivity index (χ3v) is 6.19. The lowest BCUT2D eigenvalue weighted by Crippen LogP contribution is -2.36. The summed E-state index contributed by atoms with van der Waals surface area (Å²) in [5.74, 6) is -0.482. The second-order valence-electron chi connectivity index (χ2n) is 8.81. The van der Waals surface area contributed by atoms with Crippen LogP contribution in [0.5, 0.6) is 5.75 Å². The predicted octanol–water partition coefficient (Wildman–Crippen LogP) is 7.05. The van der Waals surface area contributed by atoms with Gasteiger partial charge in [0.2, 0.25) is 6.17 Å². The van der Waals surface area contributed by atoms with Crippen molar-refractivity contribution >= 4 is 11.5 Å². The minimum absolute atomic E-state index is 0.136. The number of hydrogen-bond acceptors (Lipinski definition) is 4. The van der Waals surface area contributed by atoms with Crippen molar-refractivity contribution in [3.8, 4) is 5.75 Å². The molecule has 3 rings (SSSR count). The largest absolute Gasteiger partial charge is 0.489 e. The second-order valence-corrected chi connectivity index (χ2v) is 8.81. The molecule has 0 bridgehead atoms. The van der Waals surface area contributed by atoms with Gasteiger partial charge in [0.05, 0.1) is 6.10 Å². The molecular weight excluding hydrogens is 457 g/mol. The second kappa shape index (κ2) is 12.2. The number of ether oxygens (including phenoxy) is 3. The lowest BCUT2D eigenvalue weighted by molar-refractivity contribution is -0.259. The minimum Gasteiger partial charge on any atom is -0.489 e. The molecule has 0 saturated carbocycles. The highest BCUT2D eigenvalue weighted by Crippen LogP contribution is 2.36. The van der Waals surface area contributed by atoms with Crippen molar-refractivity contribution < 1.29 is 32.2 Å². The molecule has 7 heteroatoms. The van der Waals surface area contributed by atoms with Gasteiger partial charge < -0.3 is 14.2 Å². The highest BCUT2D eigenvalue weighted by Gasteiger charge is 2.45. The van der Waals surface area contributed by atoms with Crippen LogP contribution in [-0.4, -0.2) is 31.0 Å².